The number of ether oxygens (including phenoxy) is 1. The van der Waals surface area contributed by atoms with Crippen LogP contribution in [0.15, 0.2) is 11.3 Å². The third-order valence-electron chi connectivity index (χ3n) is 10.1. The molecule has 1 saturated heterocycles. The quantitative estimate of drug-likeness (QED) is 0.589. The summed E-state index contributed by atoms with van der Waals surface area (Å²) in [5.74, 6) is 1.96. The number of nitrogens with zero attached hydrogens (tertiary/aromatic N) is 1. The van der Waals surface area contributed by atoms with Crippen LogP contribution in [-0.4, -0.2) is 42.4 Å². The standard InChI is InChI=1S/C28H40N2O4/c1-2-34-26(33)28-7-3-5-21-6-4-8-30(24(21)28)25(32)22(16-28)12-23(31)29-17-27-13-18-9-19(14-27)11-20(10-18)15-27/h18-20,22H,2-17H2,1H3,(H,29,31)/t18?,19?,20?,22-,27?,28-/m0/s1. The number of esters is 1. The van der Waals surface area contributed by atoms with E-state index in [9.17, 15) is 14.4 Å². The monoisotopic (exact) mass is 468 g/mol. The van der Waals surface area contributed by atoms with Gasteiger partial charge in [0.15, 0.2) is 0 Å². The molecule has 6 nitrogen and oxygen atoms in total. The normalized spacial score (nSPS) is 40.3. The molecule has 0 aromatic heterocycles. The average Bonchev–Trinajstić information content (AvgIpc) is 2.80. The van der Waals surface area contributed by atoms with Crippen LogP contribution >= 0.6 is 0 Å². The van der Waals surface area contributed by atoms with Crippen molar-refractivity contribution >= 4 is 17.8 Å². The van der Waals surface area contributed by atoms with Crippen molar-refractivity contribution in [3.8, 4) is 0 Å². The molecule has 4 bridgehead atoms. The molecule has 0 spiro atoms. The van der Waals surface area contributed by atoms with E-state index in [1.807, 2.05) is 11.8 Å². The maximum Gasteiger partial charge on any atom is 0.318 e. The number of carbonyl (C=O) groups is 3. The molecule has 7 aliphatic rings. The van der Waals surface area contributed by atoms with E-state index < -0.39 is 11.3 Å². The van der Waals surface area contributed by atoms with Crippen molar-refractivity contribution in [1.29, 1.82) is 0 Å². The first-order chi connectivity index (χ1) is 16.4. The Morgan fingerprint density at radius 1 is 1.03 bits per heavy atom. The SMILES string of the molecule is CCOC(=O)[C@]12CCCC3=C1N(CCC3)C(=O)[C@@H](CC(=O)NCC13CC4CC(CC(C4)C1)C3)C2. The number of rotatable bonds is 6. The Morgan fingerprint density at radius 3 is 2.38 bits per heavy atom. The molecule has 0 aromatic carbocycles. The van der Waals surface area contributed by atoms with Gasteiger partial charge in [-0.3, -0.25) is 14.4 Å². The molecule has 6 heteroatoms. The minimum Gasteiger partial charge on any atom is -0.465 e. The van der Waals surface area contributed by atoms with E-state index in [0.29, 0.717) is 19.6 Å². The zero-order valence-corrected chi connectivity index (χ0v) is 20.7. The Bertz CT molecular complexity index is 884. The topological polar surface area (TPSA) is 75.7 Å². The Hall–Kier alpha value is -1.85. The number of carbonyl (C=O) groups excluding carboxylic acids is 3. The molecule has 0 radical (unpaired) electrons. The molecule has 5 aliphatic carbocycles. The molecule has 2 heterocycles. The Labute approximate surface area is 203 Å². The van der Waals surface area contributed by atoms with E-state index in [2.05, 4.69) is 5.32 Å². The summed E-state index contributed by atoms with van der Waals surface area (Å²) in [7, 11) is 0. The summed E-state index contributed by atoms with van der Waals surface area (Å²) in [6.45, 7) is 3.60. The van der Waals surface area contributed by atoms with Crippen LogP contribution in [0.2, 0.25) is 0 Å². The van der Waals surface area contributed by atoms with Crippen molar-refractivity contribution < 1.29 is 19.1 Å². The van der Waals surface area contributed by atoms with Crippen molar-refractivity contribution in [2.24, 2.45) is 34.5 Å². The second-order valence-corrected chi connectivity index (χ2v) is 12.5. The molecule has 7 rings (SSSR count). The number of piperidine rings is 1. The van der Waals surface area contributed by atoms with Gasteiger partial charge in [-0.15, -0.1) is 0 Å². The van der Waals surface area contributed by atoms with E-state index in [1.54, 1.807) is 0 Å². The Balaban J connectivity index is 1.18. The van der Waals surface area contributed by atoms with Crippen LogP contribution in [0.25, 0.3) is 0 Å². The highest BCUT2D eigenvalue weighted by molar-refractivity contribution is 5.92. The predicted molar refractivity (Wildman–Crippen MR) is 127 cm³/mol. The van der Waals surface area contributed by atoms with Gasteiger partial charge in [0.25, 0.3) is 0 Å². The van der Waals surface area contributed by atoms with Crippen LogP contribution in [0.1, 0.15) is 90.4 Å². The van der Waals surface area contributed by atoms with E-state index >= 15 is 0 Å². The van der Waals surface area contributed by atoms with Crippen molar-refractivity contribution in [3.63, 3.8) is 0 Å². The fourth-order valence-corrected chi connectivity index (χ4v) is 9.38. The maximum absolute atomic E-state index is 13.5. The molecule has 2 atom stereocenters. The molecule has 0 unspecified atom stereocenters. The second-order valence-electron chi connectivity index (χ2n) is 12.5. The minimum absolute atomic E-state index is 0.0198. The Morgan fingerprint density at radius 2 is 1.71 bits per heavy atom. The summed E-state index contributed by atoms with van der Waals surface area (Å²) in [5, 5.41) is 3.26. The van der Waals surface area contributed by atoms with E-state index in [-0.39, 0.29) is 29.6 Å². The molecule has 186 valence electrons. The Kier molecular flexibility index (Phi) is 5.57. The fraction of sp³-hybridized carbons (Fsp3) is 0.821. The number of amides is 2. The summed E-state index contributed by atoms with van der Waals surface area (Å²) in [6, 6.07) is 0. The average molecular weight is 469 g/mol. The molecule has 0 aromatic rings. The van der Waals surface area contributed by atoms with Crippen LogP contribution in [0.5, 0.6) is 0 Å². The lowest BCUT2D eigenvalue weighted by Crippen LogP contribution is -2.56. The van der Waals surface area contributed by atoms with E-state index in [4.69, 9.17) is 4.74 Å². The van der Waals surface area contributed by atoms with Gasteiger partial charge < -0.3 is 15.0 Å². The van der Waals surface area contributed by atoms with Crippen LogP contribution < -0.4 is 5.32 Å². The van der Waals surface area contributed by atoms with E-state index in [0.717, 1.165) is 62.1 Å². The highest BCUT2D eigenvalue weighted by atomic mass is 16.5. The summed E-state index contributed by atoms with van der Waals surface area (Å²) >= 11 is 0. The zero-order chi connectivity index (χ0) is 23.5. The van der Waals surface area contributed by atoms with Crippen molar-refractivity contribution in [1.82, 2.24) is 10.2 Å². The largest absolute Gasteiger partial charge is 0.465 e. The lowest BCUT2D eigenvalue weighted by molar-refractivity contribution is -0.163. The molecule has 4 saturated carbocycles. The molecule has 2 amide bonds. The first kappa shape index (κ1) is 22.6. The molecule has 2 aliphatic heterocycles. The van der Waals surface area contributed by atoms with Crippen LogP contribution in [0, 0.1) is 34.5 Å². The number of hydrogen-bond acceptors (Lipinski definition) is 4. The fourth-order valence-electron chi connectivity index (χ4n) is 9.38. The van der Waals surface area contributed by atoms with Gasteiger partial charge in [-0.25, -0.2) is 0 Å². The minimum atomic E-state index is -0.747. The van der Waals surface area contributed by atoms with Gasteiger partial charge in [0.05, 0.1) is 6.61 Å². The summed E-state index contributed by atoms with van der Waals surface area (Å²) in [6.07, 6.45) is 13.1. The predicted octanol–water partition coefficient (Wildman–Crippen LogP) is 4.34. The maximum atomic E-state index is 13.5. The number of allylic oxidation sites excluding steroid dienone is 1. The smallest absolute Gasteiger partial charge is 0.318 e. The third-order valence-corrected chi connectivity index (χ3v) is 10.1. The number of nitrogens with one attached hydrogen (secondary N) is 1. The van der Waals surface area contributed by atoms with Crippen molar-refractivity contribution in [2.45, 2.75) is 90.4 Å². The first-order valence-corrected chi connectivity index (χ1v) is 13.9. The lowest BCUT2D eigenvalue weighted by atomic mass is 9.49. The summed E-state index contributed by atoms with van der Waals surface area (Å²) in [4.78, 5) is 41.9. The van der Waals surface area contributed by atoms with Gasteiger partial charge in [0.2, 0.25) is 11.8 Å². The van der Waals surface area contributed by atoms with Gasteiger partial charge >= 0.3 is 5.97 Å². The summed E-state index contributed by atoms with van der Waals surface area (Å²) < 4.78 is 5.57. The third kappa shape index (κ3) is 3.62. The van der Waals surface area contributed by atoms with Gasteiger partial charge in [-0.05, 0) is 113 Å². The summed E-state index contributed by atoms with van der Waals surface area (Å²) in [5.41, 5.74) is 1.75. The lowest BCUT2D eigenvalue weighted by Gasteiger charge is -2.57. The second kappa shape index (κ2) is 8.37. The van der Waals surface area contributed by atoms with Gasteiger partial charge in [-0.1, -0.05) is 0 Å². The molecule has 5 fully saturated rings. The van der Waals surface area contributed by atoms with Gasteiger partial charge in [0, 0.05) is 31.1 Å². The first-order valence-electron chi connectivity index (χ1n) is 13.9. The van der Waals surface area contributed by atoms with Crippen molar-refractivity contribution in [2.75, 3.05) is 19.7 Å². The van der Waals surface area contributed by atoms with Gasteiger partial charge in [-0.2, -0.15) is 0 Å². The van der Waals surface area contributed by atoms with Crippen LogP contribution in [0.4, 0.5) is 0 Å². The molecule has 1 N–H and O–H groups in total. The van der Waals surface area contributed by atoms with E-state index in [1.165, 1.54) is 44.1 Å². The highest BCUT2D eigenvalue weighted by Crippen LogP contribution is 2.60. The van der Waals surface area contributed by atoms with Gasteiger partial charge in [0.1, 0.15) is 5.41 Å². The molecular weight excluding hydrogens is 428 g/mol. The molecule has 34 heavy (non-hydrogen) atoms. The van der Waals surface area contributed by atoms with Crippen LogP contribution in [0.3, 0.4) is 0 Å². The number of hydrogen-bond donors (Lipinski definition) is 1. The van der Waals surface area contributed by atoms with Crippen LogP contribution in [-0.2, 0) is 19.1 Å². The zero-order valence-electron chi connectivity index (χ0n) is 20.7. The highest BCUT2D eigenvalue weighted by Gasteiger charge is 2.56. The molecular formula is C28H40N2O4. The van der Waals surface area contributed by atoms with Crippen molar-refractivity contribution in [3.05, 3.63) is 11.3 Å².